The fourth-order valence-electron chi connectivity index (χ4n) is 9.78. The van der Waals surface area contributed by atoms with Gasteiger partial charge < -0.3 is 48.8 Å². The summed E-state index contributed by atoms with van der Waals surface area (Å²) < 4.78 is 47.6. The van der Waals surface area contributed by atoms with Gasteiger partial charge in [0.2, 0.25) is 23.7 Å². The van der Waals surface area contributed by atoms with Gasteiger partial charge in [-0.25, -0.2) is 58.6 Å². The van der Waals surface area contributed by atoms with E-state index in [4.69, 9.17) is 24.4 Å². The first-order chi connectivity index (χ1) is 38.8. The maximum atomic E-state index is 16.1. The number of ether oxygens (including phenoxy) is 2. The van der Waals surface area contributed by atoms with Crippen LogP contribution in [0.2, 0.25) is 0 Å². The molecule has 22 nitrogen and oxygen atoms in total. The molecule has 0 spiro atoms. The molecule has 0 aliphatic carbocycles. The molecule has 0 unspecified atom stereocenters. The number of anilines is 6. The summed E-state index contributed by atoms with van der Waals surface area (Å²) in [6.45, 7) is 10.5. The van der Waals surface area contributed by atoms with Gasteiger partial charge in [0.1, 0.15) is 69.4 Å². The summed E-state index contributed by atoms with van der Waals surface area (Å²) in [6.07, 6.45) is 12.1. The number of hydrogen-bond donors (Lipinski definition) is 2. The Kier molecular flexibility index (Phi) is 13.2. The maximum Gasteiger partial charge on any atom is 0.246 e. The average molecular weight is 1080 g/mol. The standard InChI is InChI=1S/C56H50F2N18O4/c1-6-48(77)76-22-21-75(28-32(76)2)56-60-27-43-52(70-56)54(64-30-62-43)68-39-11-14-46(33(3)50(39)58)80-36-9-13-45-41(25-36)66-47(72(45)5)15-16-49(78)73-17-19-74(20-18-73)55-59-26-42-51(69-55)53(63-29-61-42)67-38-10-7-34(23-37(38)57)79-35-8-12-44-40(24-35)65-31-71(44)4/h6-16,23-27,29-32H,1,17-22,28H2,2-5H3,(H,61,63,67)(H,62,64,68)/b16-15+/t32-/m1/s1. The number of aromatic nitrogens is 12. The number of piperazine rings is 2. The highest BCUT2D eigenvalue weighted by Crippen LogP contribution is 2.35. The Labute approximate surface area is 455 Å². The molecule has 12 rings (SSSR count). The predicted molar refractivity (Wildman–Crippen MR) is 297 cm³/mol. The van der Waals surface area contributed by atoms with Gasteiger partial charge in [-0.1, -0.05) is 6.58 Å². The lowest BCUT2D eigenvalue weighted by atomic mass is 10.1. The van der Waals surface area contributed by atoms with Crippen LogP contribution in [0.5, 0.6) is 23.0 Å². The molecule has 4 aromatic carbocycles. The van der Waals surface area contributed by atoms with Crippen LogP contribution in [0.3, 0.4) is 0 Å². The Balaban J connectivity index is 0.668. The lowest BCUT2D eigenvalue weighted by molar-refractivity contribution is -0.128. The number of carbonyl (C=O) groups excluding carboxylic acids is 2. The SMILES string of the molecule is C=CC(=O)N1CCN(c2ncc3ncnc(Nc4ccc(Oc5ccc6c(c5)nc(/C=C/C(=O)N5CCN(c7ncc8ncnc(Nc9ccc(Oc%10ccc%11c(c%10)ncn%11C)cc9F)c8n7)CC5)n6C)c(C)c4F)c3n2)C[C@H]1C. The number of aryl methyl sites for hydroxylation is 2. The summed E-state index contributed by atoms with van der Waals surface area (Å²) in [5.41, 5.74) is 5.46. The van der Waals surface area contributed by atoms with E-state index < -0.39 is 11.6 Å². The number of nitrogens with one attached hydrogen (secondary N) is 2. The third-order valence-corrected chi connectivity index (χ3v) is 14.2. The Morgan fingerprint density at radius 1 is 0.662 bits per heavy atom. The minimum Gasteiger partial charge on any atom is -0.457 e. The molecule has 402 valence electrons. The number of amides is 2. The molecule has 0 saturated carbocycles. The van der Waals surface area contributed by atoms with Crippen LogP contribution < -0.4 is 29.9 Å². The summed E-state index contributed by atoms with van der Waals surface area (Å²) in [4.78, 5) is 78.5. The molecule has 0 radical (unpaired) electrons. The molecule has 2 aliphatic rings. The summed E-state index contributed by atoms with van der Waals surface area (Å²) in [7, 11) is 3.77. The van der Waals surface area contributed by atoms with E-state index in [0.29, 0.717) is 126 Å². The third kappa shape index (κ3) is 9.88. The second kappa shape index (κ2) is 20.9. The molecule has 2 saturated heterocycles. The van der Waals surface area contributed by atoms with E-state index in [1.54, 1.807) is 90.1 Å². The topological polar surface area (TPSA) is 228 Å². The Morgan fingerprint density at radius 3 is 1.99 bits per heavy atom. The number of nitrogens with zero attached hydrogens (tertiary/aromatic N) is 16. The molecule has 2 N–H and O–H groups in total. The summed E-state index contributed by atoms with van der Waals surface area (Å²) >= 11 is 0. The second-order valence-corrected chi connectivity index (χ2v) is 19.3. The molecule has 2 fully saturated rings. The van der Waals surface area contributed by atoms with E-state index in [2.05, 4.69) is 52.1 Å². The zero-order valence-electron chi connectivity index (χ0n) is 43.7. The maximum absolute atomic E-state index is 16.1. The number of imidazole rings is 2. The van der Waals surface area contributed by atoms with Crippen LogP contribution in [0.15, 0.2) is 117 Å². The number of halogens is 2. The first kappa shape index (κ1) is 50.6. The van der Waals surface area contributed by atoms with Crippen LogP contribution in [-0.2, 0) is 23.7 Å². The predicted octanol–water partition coefficient (Wildman–Crippen LogP) is 8.17. The Hall–Kier alpha value is -10.3. The number of rotatable bonds is 13. The molecule has 0 bridgehead atoms. The number of hydrogen-bond acceptors (Lipinski definition) is 18. The van der Waals surface area contributed by atoms with E-state index in [-0.39, 0.29) is 34.8 Å². The monoisotopic (exact) mass is 1080 g/mol. The van der Waals surface area contributed by atoms with Crippen molar-refractivity contribution in [2.45, 2.75) is 19.9 Å². The van der Waals surface area contributed by atoms with Crippen LogP contribution in [0.1, 0.15) is 18.3 Å². The molecule has 10 aromatic rings. The van der Waals surface area contributed by atoms with Gasteiger partial charge in [0.25, 0.3) is 0 Å². The highest BCUT2D eigenvalue weighted by molar-refractivity contribution is 5.93. The quantitative estimate of drug-likeness (QED) is 0.104. The Bertz CT molecular complexity index is 4120. The van der Waals surface area contributed by atoms with Crippen molar-refractivity contribution in [1.29, 1.82) is 0 Å². The van der Waals surface area contributed by atoms with Crippen molar-refractivity contribution in [2.24, 2.45) is 14.1 Å². The Morgan fingerprint density at radius 2 is 1.29 bits per heavy atom. The highest BCUT2D eigenvalue weighted by Gasteiger charge is 2.28. The number of fused-ring (bicyclic) bond motifs is 4. The highest BCUT2D eigenvalue weighted by atomic mass is 19.1. The van der Waals surface area contributed by atoms with E-state index >= 15 is 8.78 Å². The van der Waals surface area contributed by atoms with Crippen molar-refractivity contribution in [3.05, 3.63) is 140 Å². The molecular formula is C56H50F2N18O4. The molecule has 2 aliphatic heterocycles. The molecule has 24 heteroatoms. The van der Waals surface area contributed by atoms with Gasteiger partial charge in [-0.15, -0.1) is 0 Å². The van der Waals surface area contributed by atoms with Crippen molar-refractivity contribution < 1.29 is 27.8 Å². The molecule has 80 heavy (non-hydrogen) atoms. The van der Waals surface area contributed by atoms with Crippen molar-refractivity contribution >= 4 is 96.9 Å². The van der Waals surface area contributed by atoms with Crippen LogP contribution in [0.25, 0.3) is 50.2 Å². The molecule has 6 aromatic heterocycles. The smallest absolute Gasteiger partial charge is 0.246 e. The van der Waals surface area contributed by atoms with E-state index in [0.717, 1.165) is 16.6 Å². The van der Waals surface area contributed by atoms with Crippen LogP contribution >= 0.6 is 0 Å². The third-order valence-electron chi connectivity index (χ3n) is 14.2. The first-order valence-electron chi connectivity index (χ1n) is 25.6. The number of benzene rings is 4. The zero-order chi connectivity index (χ0) is 55.2. The van der Waals surface area contributed by atoms with Crippen molar-refractivity contribution in [3.63, 3.8) is 0 Å². The fourth-order valence-corrected chi connectivity index (χ4v) is 9.78. The molecule has 8 heterocycles. The molecule has 2 amide bonds. The minimum absolute atomic E-state index is 0.0866. The average Bonchev–Trinajstić information content (AvgIpc) is 4.01. The van der Waals surface area contributed by atoms with Gasteiger partial charge in [-0.2, -0.15) is 0 Å². The van der Waals surface area contributed by atoms with Gasteiger partial charge in [0, 0.05) is 95.8 Å². The lowest BCUT2D eigenvalue weighted by Crippen LogP contribution is -2.54. The van der Waals surface area contributed by atoms with E-state index in [1.807, 2.05) is 52.1 Å². The zero-order valence-corrected chi connectivity index (χ0v) is 43.7. The lowest BCUT2D eigenvalue weighted by Gasteiger charge is -2.39. The van der Waals surface area contributed by atoms with Crippen LogP contribution in [-0.4, -0.2) is 132 Å². The largest absolute Gasteiger partial charge is 0.457 e. The summed E-state index contributed by atoms with van der Waals surface area (Å²) in [5.74, 6) is 2.19. The minimum atomic E-state index is -0.556. The van der Waals surface area contributed by atoms with Crippen LogP contribution in [0.4, 0.5) is 43.7 Å². The summed E-state index contributed by atoms with van der Waals surface area (Å²) in [6, 6.07) is 18.6. The fraction of sp³-hybridized carbons (Fsp3) is 0.214. The first-order valence-corrected chi connectivity index (χ1v) is 25.6. The van der Waals surface area contributed by atoms with Crippen LogP contribution in [0, 0.1) is 18.6 Å². The van der Waals surface area contributed by atoms with Gasteiger partial charge >= 0.3 is 0 Å². The van der Waals surface area contributed by atoms with Gasteiger partial charge in [-0.3, -0.25) is 9.59 Å². The van der Waals surface area contributed by atoms with Gasteiger partial charge in [0.05, 0.1) is 52.2 Å². The van der Waals surface area contributed by atoms with Crippen molar-refractivity contribution in [2.75, 3.05) is 66.2 Å². The van der Waals surface area contributed by atoms with Crippen molar-refractivity contribution in [3.8, 4) is 23.0 Å². The van der Waals surface area contributed by atoms with E-state index in [9.17, 15) is 9.59 Å². The molecular weight excluding hydrogens is 1030 g/mol. The molecule has 1 atom stereocenters. The van der Waals surface area contributed by atoms with E-state index in [1.165, 1.54) is 30.9 Å². The second-order valence-electron chi connectivity index (χ2n) is 19.3. The summed E-state index contributed by atoms with van der Waals surface area (Å²) in [5, 5.41) is 6.15. The van der Waals surface area contributed by atoms with Gasteiger partial charge in [0.15, 0.2) is 17.5 Å². The van der Waals surface area contributed by atoms with Crippen molar-refractivity contribution in [1.82, 2.24) is 68.8 Å². The number of carbonyl (C=O) groups is 2. The normalized spacial score (nSPS) is 14.9. The van der Waals surface area contributed by atoms with Gasteiger partial charge in [-0.05, 0) is 74.5 Å².